The van der Waals surface area contributed by atoms with Gasteiger partial charge < -0.3 is 0 Å². The molecule has 1 amide bonds. The highest BCUT2D eigenvalue weighted by molar-refractivity contribution is 8.26. The molecule has 0 unspecified atom stereocenters. The highest BCUT2D eigenvalue weighted by atomic mass is 32.2. The van der Waals surface area contributed by atoms with Crippen LogP contribution in [0, 0.1) is 0 Å². The molecule has 0 aliphatic carbocycles. The van der Waals surface area contributed by atoms with Crippen LogP contribution in [0.5, 0.6) is 0 Å². The van der Waals surface area contributed by atoms with Crippen molar-refractivity contribution >= 4 is 40.3 Å². The molecule has 1 heterocycles. The summed E-state index contributed by atoms with van der Waals surface area (Å²) < 4.78 is 0.609. The van der Waals surface area contributed by atoms with Crippen molar-refractivity contribution in [3.63, 3.8) is 0 Å². The van der Waals surface area contributed by atoms with Gasteiger partial charge in [-0.05, 0) is 17.2 Å². The molecule has 0 spiro atoms. The maximum atomic E-state index is 12.5. The van der Waals surface area contributed by atoms with Gasteiger partial charge in [-0.25, -0.2) is 0 Å². The molecule has 0 saturated carbocycles. The minimum atomic E-state index is -0.0263. The molecule has 0 bridgehead atoms. The molecular formula is C19H15NOS2. The number of hydrogen-bond donors (Lipinski definition) is 0. The largest absolute Gasteiger partial charge is 0.288 e. The number of thiocarbonyl (C=S) groups is 1. The Hall–Kier alpha value is -2.17. The normalized spacial score (nSPS) is 16.7. The second-order valence-corrected chi connectivity index (χ2v) is 6.72. The molecule has 114 valence electrons. The van der Waals surface area contributed by atoms with Crippen molar-refractivity contribution < 1.29 is 4.79 Å². The maximum absolute atomic E-state index is 12.5. The van der Waals surface area contributed by atoms with E-state index in [9.17, 15) is 4.79 Å². The van der Waals surface area contributed by atoms with Gasteiger partial charge in [-0.15, -0.1) is 0 Å². The SMILES string of the molecule is O=C1/C(=C/C=Cc2ccccc2)SC(=S)N1Cc1ccccc1. The molecule has 1 aliphatic heterocycles. The molecule has 2 aromatic rings. The Morgan fingerprint density at radius 1 is 1.00 bits per heavy atom. The van der Waals surface area contributed by atoms with Crippen LogP contribution in [0.3, 0.4) is 0 Å². The first-order valence-electron chi connectivity index (χ1n) is 7.25. The molecule has 0 radical (unpaired) electrons. The van der Waals surface area contributed by atoms with Crippen LogP contribution in [-0.4, -0.2) is 15.1 Å². The number of allylic oxidation sites excluding steroid dienone is 2. The Morgan fingerprint density at radius 3 is 2.35 bits per heavy atom. The first-order valence-corrected chi connectivity index (χ1v) is 8.47. The van der Waals surface area contributed by atoms with E-state index in [0.717, 1.165) is 11.1 Å². The van der Waals surface area contributed by atoms with Gasteiger partial charge in [0, 0.05) is 0 Å². The fraction of sp³-hybridized carbons (Fsp3) is 0.0526. The van der Waals surface area contributed by atoms with Crippen molar-refractivity contribution in [1.82, 2.24) is 4.90 Å². The van der Waals surface area contributed by atoms with Gasteiger partial charge >= 0.3 is 0 Å². The summed E-state index contributed by atoms with van der Waals surface area (Å²) in [6.45, 7) is 0.519. The predicted octanol–water partition coefficient (Wildman–Crippen LogP) is 4.64. The van der Waals surface area contributed by atoms with Gasteiger partial charge in [-0.3, -0.25) is 9.69 Å². The quantitative estimate of drug-likeness (QED) is 0.598. The lowest BCUT2D eigenvalue weighted by Crippen LogP contribution is -2.27. The molecule has 2 nitrogen and oxygen atoms in total. The van der Waals surface area contributed by atoms with Crippen molar-refractivity contribution in [3.05, 3.63) is 88.8 Å². The van der Waals surface area contributed by atoms with Crippen molar-refractivity contribution in [2.75, 3.05) is 0 Å². The van der Waals surface area contributed by atoms with Crippen LogP contribution < -0.4 is 0 Å². The first kappa shape index (κ1) is 15.7. The molecule has 0 aromatic heterocycles. The van der Waals surface area contributed by atoms with Crippen LogP contribution in [0.4, 0.5) is 0 Å². The van der Waals surface area contributed by atoms with Crippen LogP contribution >= 0.6 is 24.0 Å². The minimum Gasteiger partial charge on any atom is -0.288 e. The van der Waals surface area contributed by atoms with Gasteiger partial charge in [0.25, 0.3) is 5.91 Å². The fourth-order valence-electron chi connectivity index (χ4n) is 2.23. The van der Waals surface area contributed by atoms with Gasteiger partial charge in [-0.2, -0.15) is 0 Å². The highest BCUT2D eigenvalue weighted by Gasteiger charge is 2.31. The summed E-state index contributed by atoms with van der Waals surface area (Å²) in [5.74, 6) is -0.0263. The second kappa shape index (κ2) is 7.40. The van der Waals surface area contributed by atoms with Gasteiger partial charge in [-0.1, -0.05) is 96.8 Å². The Kier molecular flexibility index (Phi) is 5.05. The van der Waals surface area contributed by atoms with Crippen molar-refractivity contribution in [2.45, 2.75) is 6.54 Å². The topological polar surface area (TPSA) is 20.3 Å². The number of carbonyl (C=O) groups is 1. The van der Waals surface area contributed by atoms with Crippen molar-refractivity contribution in [2.24, 2.45) is 0 Å². The van der Waals surface area contributed by atoms with E-state index in [0.29, 0.717) is 15.8 Å². The molecule has 23 heavy (non-hydrogen) atoms. The molecule has 1 fully saturated rings. The average molecular weight is 337 g/mol. The minimum absolute atomic E-state index is 0.0263. The van der Waals surface area contributed by atoms with E-state index in [2.05, 4.69) is 0 Å². The fourth-order valence-corrected chi connectivity index (χ4v) is 3.43. The molecule has 0 atom stereocenters. The third-order valence-electron chi connectivity index (χ3n) is 3.39. The number of rotatable bonds is 4. The number of benzene rings is 2. The summed E-state index contributed by atoms with van der Waals surface area (Å²) in [6.07, 6.45) is 5.70. The van der Waals surface area contributed by atoms with Gasteiger partial charge in [0.05, 0.1) is 11.4 Å². The smallest absolute Gasteiger partial charge is 0.266 e. The lowest BCUT2D eigenvalue weighted by molar-refractivity contribution is -0.122. The number of amides is 1. The van der Waals surface area contributed by atoms with E-state index in [4.69, 9.17) is 12.2 Å². The predicted molar refractivity (Wildman–Crippen MR) is 101 cm³/mol. The summed E-state index contributed by atoms with van der Waals surface area (Å²) in [5, 5.41) is 0. The zero-order chi connectivity index (χ0) is 16.1. The van der Waals surface area contributed by atoms with E-state index >= 15 is 0 Å². The number of nitrogens with zero attached hydrogens (tertiary/aromatic N) is 1. The summed E-state index contributed by atoms with van der Waals surface area (Å²) in [4.78, 5) is 14.8. The second-order valence-electron chi connectivity index (χ2n) is 5.05. The van der Waals surface area contributed by atoms with E-state index in [-0.39, 0.29) is 5.91 Å². The standard InChI is InChI=1S/C19H15NOS2/c21-18-17(13-7-12-15-8-3-1-4-9-15)23-19(22)20(18)14-16-10-5-2-6-11-16/h1-13H,14H2/b12-7?,17-13-. The van der Waals surface area contributed by atoms with Gasteiger partial charge in [0.2, 0.25) is 0 Å². The van der Waals surface area contributed by atoms with Gasteiger partial charge in [0.15, 0.2) is 0 Å². The van der Waals surface area contributed by atoms with Crippen LogP contribution in [0.25, 0.3) is 6.08 Å². The summed E-state index contributed by atoms with van der Waals surface area (Å²) in [5.41, 5.74) is 2.17. The Bertz CT molecular complexity index is 766. The molecule has 4 heteroatoms. The molecule has 1 aliphatic rings. The number of carbonyl (C=O) groups excluding carboxylic acids is 1. The molecule has 0 N–H and O–H groups in total. The number of thioether (sulfide) groups is 1. The van der Waals surface area contributed by atoms with Crippen LogP contribution in [0.1, 0.15) is 11.1 Å². The zero-order valence-corrected chi connectivity index (χ0v) is 14.0. The Morgan fingerprint density at radius 2 is 1.65 bits per heavy atom. The lowest BCUT2D eigenvalue weighted by Gasteiger charge is -2.14. The summed E-state index contributed by atoms with van der Waals surface area (Å²) in [7, 11) is 0. The average Bonchev–Trinajstić information content (AvgIpc) is 2.85. The van der Waals surface area contributed by atoms with Crippen molar-refractivity contribution in [3.8, 4) is 0 Å². The molecule has 1 saturated heterocycles. The maximum Gasteiger partial charge on any atom is 0.266 e. The van der Waals surface area contributed by atoms with Crippen LogP contribution in [0.15, 0.2) is 77.7 Å². The Balaban J connectivity index is 1.71. The number of hydrogen-bond acceptors (Lipinski definition) is 3. The van der Waals surface area contributed by atoms with E-state index in [1.165, 1.54) is 11.8 Å². The molecular weight excluding hydrogens is 322 g/mol. The van der Waals surface area contributed by atoms with Crippen LogP contribution in [-0.2, 0) is 11.3 Å². The first-order chi connectivity index (χ1) is 11.2. The summed E-state index contributed by atoms with van der Waals surface area (Å²) in [6, 6.07) is 19.9. The van der Waals surface area contributed by atoms with E-state index < -0.39 is 0 Å². The van der Waals surface area contributed by atoms with Crippen molar-refractivity contribution in [1.29, 1.82) is 0 Å². The van der Waals surface area contributed by atoms with Crippen LogP contribution in [0.2, 0.25) is 0 Å². The summed E-state index contributed by atoms with van der Waals surface area (Å²) >= 11 is 6.69. The molecule has 3 rings (SSSR count). The molecule has 2 aromatic carbocycles. The third kappa shape index (κ3) is 3.97. The van der Waals surface area contributed by atoms with Gasteiger partial charge in [0.1, 0.15) is 4.32 Å². The van der Waals surface area contributed by atoms with E-state index in [1.54, 1.807) is 4.90 Å². The Labute approximate surface area is 145 Å². The third-order valence-corrected chi connectivity index (χ3v) is 4.79. The zero-order valence-electron chi connectivity index (χ0n) is 12.4. The lowest BCUT2D eigenvalue weighted by atomic mass is 10.2. The monoisotopic (exact) mass is 337 g/mol. The van der Waals surface area contributed by atoms with E-state index in [1.807, 2.05) is 78.9 Å². The highest BCUT2D eigenvalue weighted by Crippen LogP contribution is 2.32.